The fourth-order valence-electron chi connectivity index (χ4n) is 1.76. The normalized spacial score (nSPS) is 12.8. The predicted octanol–water partition coefficient (Wildman–Crippen LogP) is 2.88. The Hall–Kier alpha value is -1.08. The largest absolute Gasteiger partial charge is 0.413 e. The van der Waals surface area contributed by atoms with E-state index in [0.29, 0.717) is 11.1 Å². The van der Waals surface area contributed by atoms with Crippen molar-refractivity contribution in [2.45, 2.75) is 31.8 Å². The third-order valence-corrected chi connectivity index (χ3v) is 3.80. The second-order valence-corrected chi connectivity index (χ2v) is 5.61. The Morgan fingerprint density at radius 1 is 1.11 bits per heavy atom. The summed E-state index contributed by atoms with van der Waals surface area (Å²) in [7, 11) is -4.39. The Balaban J connectivity index is 3.14. The Morgan fingerprint density at radius 2 is 1.56 bits per heavy atom. The first-order chi connectivity index (χ1) is 8.03. The summed E-state index contributed by atoms with van der Waals surface area (Å²) in [6.07, 6.45) is -4.68. The Morgan fingerprint density at radius 3 is 1.94 bits per heavy atom. The zero-order valence-corrected chi connectivity index (χ0v) is 10.9. The van der Waals surface area contributed by atoms with Gasteiger partial charge in [-0.25, -0.2) is 0 Å². The van der Waals surface area contributed by atoms with E-state index < -0.39 is 22.9 Å². The molecule has 0 aliphatic rings. The molecule has 0 saturated carbocycles. The van der Waals surface area contributed by atoms with Crippen LogP contribution < -0.4 is 0 Å². The molecule has 1 aromatic rings. The molecular weight excluding hydrogens is 269 g/mol. The molecule has 0 fully saturated rings. The van der Waals surface area contributed by atoms with Crippen LogP contribution in [-0.2, 0) is 14.3 Å². The van der Waals surface area contributed by atoms with Gasteiger partial charge in [0.1, 0.15) is 0 Å². The highest BCUT2D eigenvalue weighted by Crippen LogP contribution is 2.25. The van der Waals surface area contributed by atoms with E-state index in [4.69, 9.17) is 0 Å². The first-order valence-corrected chi connectivity index (χ1v) is 6.48. The van der Waals surface area contributed by atoms with Crippen LogP contribution in [0.3, 0.4) is 0 Å². The van der Waals surface area contributed by atoms with Crippen molar-refractivity contribution >= 4 is 10.1 Å². The minimum Gasteiger partial charge on any atom is -0.257 e. The van der Waals surface area contributed by atoms with E-state index >= 15 is 0 Å². The van der Waals surface area contributed by atoms with Gasteiger partial charge in [0.05, 0.1) is 4.90 Å². The Kier molecular flexibility index (Phi) is 4.07. The molecule has 0 atom stereocenters. The van der Waals surface area contributed by atoms with E-state index in [-0.39, 0.29) is 4.90 Å². The van der Waals surface area contributed by atoms with Crippen molar-refractivity contribution in [3.8, 4) is 0 Å². The number of hydrogen-bond donors (Lipinski definition) is 0. The van der Waals surface area contributed by atoms with E-state index in [1.165, 1.54) is 13.8 Å². The summed E-state index contributed by atoms with van der Waals surface area (Å²) in [6, 6.07) is 3.16. The van der Waals surface area contributed by atoms with E-state index in [1.54, 1.807) is 19.1 Å². The van der Waals surface area contributed by atoms with Gasteiger partial charge in [-0.2, -0.15) is 21.6 Å². The molecule has 0 N–H and O–H groups in total. The number of benzene rings is 1. The molecule has 0 radical (unpaired) electrons. The predicted molar refractivity (Wildman–Crippen MR) is 59.8 cm³/mol. The average Bonchev–Trinajstić information content (AvgIpc) is 2.11. The Bertz CT molecular complexity index is 524. The maximum Gasteiger partial charge on any atom is 0.413 e. The fraction of sp³-hybridized carbons (Fsp3) is 0.455. The maximum absolute atomic E-state index is 12.0. The topological polar surface area (TPSA) is 43.4 Å². The van der Waals surface area contributed by atoms with Gasteiger partial charge in [0, 0.05) is 0 Å². The molecule has 1 aromatic carbocycles. The molecule has 7 heteroatoms. The second kappa shape index (κ2) is 4.89. The first kappa shape index (κ1) is 15.0. The highest BCUT2D eigenvalue weighted by molar-refractivity contribution is 7.86. The quantitative estimate of drug-likeness (QED) is 0.801. The van der Waals surface area contributed by atoms with Crippen LogP contribution in [-0.4, -0.2) is 21.2 Å². The molecule has 18 heavy (non-hydrogen) atoms. The van der Waals surface area contributed by atoms with Crippen LogP contribution in [0.4, 0.5) is 13.2 Å². The van der Waals surface area contributed by atoms with Crippen LogP contribution in [0.5, 0.6) is 0 Å². The SMILES string of the molecule is Cc1cc(C)c(S(=O)(=O)OCC(F)(F)F)c(C)c1. The van der Waals surface area contributed by atoms with Crippen molar-refractivity contribution in [1.29, 1.82) is 0 Å². The van der Waals surface area contributed by atoms with Gasteiger partial charge in [-0.05, 0) is 31.9 Å². The summed E-state index contributed by atoms with van der Waals surface area (Å²) in [4.78, 5) is -0.197. The van der Waals surface area contributed by atoms with Gasteiger partial charge in [0.25, 0.3) is 10.1 Å². The Labute approximate surface area is 104 Å². The van der Waals surface area contributed by atoms with Crippen molar-refractivity contribution in [3.63, 3.8) is 0 Å². The minimum absolute atomic E-state index is 0.197. The number of rotatable bonds is 3. The fourth-order valence-corrected chi connectivity index (χ4v) is 3.08. The first-order valence-electron chi connectivity index (χ1n) is 5.07. The number of hydrogen-bond acceptors (Lipinski definition) is 3. The van der Waals surface area contributed by atoms with Crippen molar-refractivity contribution in [2.24, 2.45) is 0 Å². The van der Waals surface area contributed by atoms with Gasteiger partial charge in [-0.1, -0.05) is 17.7 Å². The molecule has 0 aliphatic heterocycles. The van der Waals surface area contributed by atoms with E-state index in [2.05, 4.69) is 4.18 Å². The molecule has 102 valence electrons. The third-order valence-electron chi connectivity index (χ3n) is 2.23. The lowest BCUT2D eigenvalue weighted by molar-refractivity contribution is -0.152. The summed E-state index contributed by atoms with van der Waals surface area (Å²) in [5.41, 5.74) is 1.57. The van der Waals surface area contributed by atoms with E-state index in [0.717, 1.165) is 5.56 Å². The van der Waals surface area contributed by atoms with Crippen LogP contribution in [0.1, 0.15) is 16.7 Å². The molecule has 0 amide bonds. The number of alkyl halides is 3. The monoisotopic (exact) mass is 282 g/mol. The number of aryl methyl sites for hydroxylation is 3. The van der Waals surface area contributed by atoms with E-state index in [9.17, 15) is 21.6 Å². The number of halogens is 3. The summed E-state index contributed by atoms with van der Waals surface area (Å²) >= 11 is 0. The van der Waals surface area contributed by atoms with Gasteiger partial charge in [0.15, 0.2) is 6.61 Å². The zero-order valence-electron chi connectivity index (χ0n) is 10.1. The lowest BCUT2D eigenvalue weighted by atomic mass is 10.1. The molecule has 0 saturated heterocycles. The standard InChI is InChI=1S/C11H13F3O3S/c1-7-4-8(2)10(9(3)5-7)18(15,16)17-6-11(12,13)14/h4-5H,6H2,1-3H3. The van der Waals surface area contributed by atoms with Crippen molar-refractivity contribution in [2.75, 3.05) is 6.61 Å². The van der Waals surface area contributed by atoms with Gasteiger partial charge >= 0.3 is 6.18 Å². The molecule has 0 unspecified atom stereocenters. The second-order valence-electron chi connectivity index (χ2n) is 4.06. The molecule has 1 rings (SSSR count). The average molecular weight is 282 g/mol. The highest BCUT2D eigenvalue weighted by Gasteiger charge is 2.32. The zero-order chi connectivity index (χ0) is 14.1. The molecule has 0 bridgehead atoms. The summed E-state index contributed by atoms with van der Waals surface area (Å²) in [5, 5.41) is 0. The summed E-state index contributed by atoms with van der Waals surface area (Å²) < 4.78 is 63.4. The van der Waals surface area contributed by atoms with Crippen LogP contribution in [0.25, 0.3) is 0 Å². The molecule has 0 heterocycles. The minimum atomic E-state index is -4.68. The van der Waals surface area contributed by atoms with Gasteiger partial charge in [0.2, 0.25) is 0 Å². The lowest BCUT2D eigenvalue weighted by Gasteiger charge is -2.13. The molecule has 0 spiro atoms. The van der Waals surface area contributed by atoms with Crippen LogP contribution in [0.2, 0.25) is 0 Å². The lowest BCUT2D eigenvalue weighted by Crippen LogP contribution is -2.21. The molecular formula is C11H13F3O3S. The smallest absolute Gasteiger partial charge is 0.257 e. The van der Waals surface area contributed by atoms with Crippen LogP contribution >= 0.6 is 0 Å². The van der Waals surface area contributed by atoms with Gasteiger partial charge in [-0.3, -0.25) is 4.18 Å². The molecule has 0 aromatic heterocycles. The molecule has 0 aliphatic carbocycles. The van der Waals surface area contributed by atoms with Crippen LogP contribution in [0.15, 0.2) is 17.0 Å². The summed E-state index contributed by atoms with van der Waals surface area (Å²) in [6.45, 7) is 2.99. The summed E-state index contributed by atoms with van der Waals surface area (Å²) in [5.74, 6) is 0. The van der Waals surface area contributed by atoms with Crippen LogP contribution in [0, 0.1) is 20.8 Å². The van der Waals surface area contributed by atoms with Gasteiger partial charge in [-0.15, -0.1) is 0 Å². The maximum atomic E-state index is 12.0. The van der Waals surface area contributed by atoms with Crippen molar-refractivity contribution in [3.05, 3.63) is 28.8 Å². The molecule has 3 nitrogen and oxygen atoms in total. The van der Waals surface area contributed by atoms with Crippen molar-refractivity contribution in [1.82, 2.24) is 0 Å². The van der Waals surface area contributed by atoms with Crippen molar-refractivity contribution < 1.29 is 25.8 Å². The van der Waals surface area contributed by atoms with E-state index in [1.807, 2.05) is 0 Å². The third kappa shape index (κ3) is 3.71. The highest BCUT2D eigenvalue weighted by atomic mass is 32.2. The van der Waals surface area contributed by atoms with Gasteiger partial charge < -0.3 is 0 Å².